The molecule has 0 aliphatic heterocycles. The van der Waals surface area contributed by atoms with Crippen molar-refractivity contribution in [3.8, 4) is 0 Å². The Kier molecular flexibility index (Phi) is 4.55. The number of furan rings is 1. The standard InChI is InChI=1S/C12H11N5O5/c18-11(9-6-7-10(22-9)17(20)21)14-16-12(19)15-13-8-4-2-1-3-5-8/h1-7,13H,(H,14,18)(H2,15,16,19). The van der Waals surface area contributed by atoms with E-state index in [2.05, 4.69) is 15.3 Å². The van der Waals surface area contributed by atoms with Gasteiger partial charge in [0.25, 0.3) is 0 Å². The second-order valence-electron chi connectivity index (χ2n) is 3.92. The number of rotatable bonds is 4. The molecular weight excluding hydrogens is 294 g/mol. The zero-order valence-electron chi connectivity index (χ0n) is 11.0. The van der Waals surface area contributed by atoms with Crippen LogP contribution in [0.15, 0.2) is 46.9 Å². The van der Waals surface area contributed by atoms with Crippen molar-refractivity contribution in [2.75, 3.05) is 5.43 Å². The molecule has 3 amide bonds. The van der Waals surface area contributed by atoms with Gasteiger partial charge >= 0.3 is 17.8 Å². The molecule has 0 fully saturated rings. The second-order valence-corrected chi connectivity index (χ2v) is 3.92. The molecule has 0 saturated heterocycles. The second kappa shape index (κ2) is 6.74. The van der Waals surface area contributed by atoms with Crippen LogP contribution in [0.1, 0.15) is 10.6 Å². The first kappa shape index (κ1) is 14.8. The highest BCUT2D eigenvalue weighted by atomic mass is 16.6. The minimum absolute atomic E-state index is 0.303. The van der Waals surface area contributed by atoms with Gasteiger partial charge in [0.1, 0.15) is 4.92 Å². The van der Waals surface area contributed by atoms with E-state index >= 15 is 0 Å². The number of hydrogen-bond acceptors (Lipinski definition) is 6. The number of carbonyl (C=O) groups is 2. The van der Waals surface area contributed by atoms with Crippen molar-refractivity contribution in [3.05, 3.63) is 58.3 Å². The fourth-order valence-corrected chi connectivity index (χ4v) is 1.40. The van der Waals surface area contributed by atoms with Crippen LogP contribution in [0.4, 0.5) is 16.4 Å². The van der Waals surface area contributed by atoms with Crippen molar-refractivity contribution < 1.29 is 18.9 Å². The maximum Gasteiger partial charge on any atom is 0.433 e. The molecule has 0 radical (unpaired) electrons. The molecule has 0 aliphatic rings. The Morgan fingerprint density at radius 2 is 1.73 bits per heavy atom. The van der Waals surface area contributed by atoms with Crippen molar-refractivity contribution in [2.45, 2.75) is 0 Å². The van der Waals surface area contributed by atoms with Gasteiger partial charge in [0, 0.05) is 0 Å². The summed E-state index contributed by atoms with van der Waals surface area (Å²) in [6.07, 6.45) is 0. The van der Waals surface area contributed by atoms with Crippen molar-refractivity contribution in [1.82, 2.24) is 16.3 Å². The fraction of sp³-hybridized carbons (Fsp3) is 0. The van der Waals surface area contributed by atoms with Gasteiger partial charge in [-0.25, -0.2) is 10.2 Å². The molecule has 0 bridgehead atoms. The maximum atomic E-state index is 11.6. The number of benzene rings is 1. The summed E-state index contributed by atoms with van der Waals surface area (Å²) >= 11 is 0. The summed E-state index contributed by atoms with van der Waals surface area (Å²) in [6, 6.07) is 10.2. The van der Waals surface area contributed by atoms with Gasteiger partial charge in [0.15, 0.2) is 0 Å². The summed E-state index contributed by atoms with van der Waals surface area (Å²) < 4.78 is 4.67. The van der Waals surface area contributed by atoms with Crippen molar-refractivity contribution in [2.24, 2.45) is 0 Å². The van der Waals surface area contributed by atoms with Crippen LogP contribution < -0.4 is 21.7 Å². The maximum absolute atomic E-state index is 11.6. The summed E-state index contributed by atoms with van der Waals surface area (Å²) in [5.74, 6) is -1.70. The van der Waals surface area contributed by atoms with Gasteiger partial charge in [0.05, 0.1) is 11.8 Å². The third-order valence-electron chi connectivity index (χ3n) is 2.38. The summed E-state index contributed by atoms with van der Waals surface area (Å²) in [7, 11) is 0. The highest BCUT2D eigenvalue weighted by Gasteiger charge is 2.17. The Morgan fingerprint density at radius 1 is 1.00 bits per heavy atom. The molecule has 10 nitrogen and oxygen atoms in total. The number of hydrogen-bond donors (Lipinski definition) is 4. The molecule has 2 aromatic rings. The lowest BCUT2D eigenvalue weighted by Crippen LogP contribution is -2.48. The van der Waals surface area contributed by atoms with Crippen LogP contribution in [0.25, 0.3) is 0 Å². The topological polar surface area (TPSA) is 139 Å². The average molecular weight is 305 g/mol. The number of amides is 3. The highest BCUT2D eigenvalue weighted by Crippen LogP contribution is 2.14. The van der Waals surface area contributed by atoms with Crippen molar-refractivity contribution in [1.29, 1.82) is 0 Å². The highest BCUT2D eigenvalue weighted by molar-refractivity contribution is 5.93. The Balaban J connectivity index is 1.78. The zero-order valence-corrected chi connectivity index (χ0v) is 11.0. The van der Waals surface area contributed by atoms with Gasteiger partial charge in [-0.1, -0.05) is 18.2 Å². The van der Waals surface area contributed by atoms with E-state index in [4.69, 9.17) is 0 Å². The summed E-state index contributed by atoms with van der Waals surface area (Å²) in [5, 5.41) is 10.4. The van der Waals surface area contributed by atoms with Gasteiger partial charge in [-0.05, 0) is 18.2 Å². The predicted octanol–water partition coefficient (Wildman–Crippen LogP) is 1.16. The predicted molar refractivity (Wildman–Crippen MR) is 74.6 cm³/mol. The minimum atomic E-state index is -0.831. The first-order chi connectivity index (χ1) is 10.6. The quantitative estimate of drug-likeness (QED) is 0.494. The van der Waals surface area contributed by atoms with E-state index in [-0.39, 0.29) is 5.76 Å². The summed E-state index contributed by atoms with van der Waals surface area (Å²) in [6.45, 7) is 0. The monoisotopic (exact) mass is 305 g/mol. The molecule has 0 saturated carbocycles. The Hall–Kier alpha value is -3.56. The number of nitro groups is 1. The van der Waals surface area contributed by atoms with Gasteiger partial charge in [0.2, 0.25) is 5.76 Å². The number of carbonyl (C=O) groups excluding carboxylic acids is 2. The molecule has 114 valence electrons. The Morgan fingerprint density at radius 3 is 2.36 bits per heavy atom. The molecule has 2 rings (SSSR count). The van der Waals surface area contributed by atoms with Crippen LogP contribution in [0, 0.1) is 10.1 Å². The van der Waals surface area contributed by atoms with E-state index in [1.165, 1.54) is 0 Å². The minimum Gasteiger partial charge on any atom is -0.395 e. The van der Waals surface area contributed by atoms with E-state index in [0.717, 1.165) is 12.1 Å². The van der Waals surface area contributed by atoms with Gasteiger partial charge in [-0.2, -0.15) is 0 Å². The SMILES string of the molecule is O=C(NNC(=O)c1ccc([N+](=O)[O-])o1)NNc1ccccc1. The number of hydrazine groups is 2. The summed E-state index contributed by atoms with van der Waals surface area (Å²) in [5.41, 5.74) is 9.60. The smallest absolute Gasteiger partial charge is 0.395 e. The van der Waals surface area contributed by atoms with Crippen LogP contribution in [0.3, 0.4) is 0 Å². The number of urea groups is 1. The lowest BCUT2D eigenvalue weighted by molar-refractivity contribution is -0.402. The fourth-order valence-electron chi connectivity index (χ4n) is 1.40. The first-order valence-corrected chi connectivity index (χ1v) is 5.98. The van der Waals surface area contributed by atoms with E-state index < -0.39 is 22.7 Å². The van der Waals surface area contributed by atoms with Crippen LogP contribution in [0.5, 0.6) is 0 Å². The molecule has 1 aromatic heterocycles. The number of nitrogens with one attached hydrogen (secondary N) is 4. The van der Waals surface area contributed by atoms with E-state index in [9.17, 15) is 19.7 Å². The molecule has 22 heavy (non-hydrogen) atoms. The van der Waals surface area contributed by atoms with Gasteiger partial charge in [-0.3, -0.25) is 31.2 Å². The van der Waals surface area contributed by atoms with E-state index in [0.29, 0.717) is 5.69 Å². The number of anilines is 1. The average Bonchev–Trinajstić information content (AvgIpc) is 3.02. The molecule has 10 heteroatoms. The molecule has 0 spiro atoms. The van der Waals surface area contributed by atoms with Crippen molar-refractivity contribution in [3.63, 3.8) is 0 Å². The Labute approximate surface area is 123 Å². The normalized spacial score (nSPS) is 9.64. The Bertz CT molecular complexity index is 684. The molecule has 0 unspecified atom stereocenters. The van der Waals surface area contributed by atoms with Crippen LogP contribution in [0.2, 0.25) is 0 Å². The molecule has 1 heterocycles. The van der Waals surface area contributed by atoms with E-state index in [1.54, 1.807) is 24.3 Å². The van der Waals surface area contributed by atoms with Crippen LogP contribution in [-0.4, -0.2) is 16.9 Å². The lowest BCUT2D eigenvalue weighted by Gasteiger charge is -2.09. The zero-order chi connectivity index (χ0) is 15.9. The van der Waals surface area contributed by atoms with Crippen molar-refractivity contribution >= 4 is 23.5 Å². The van der Waals surface area contributed by atoms with E-state index in [1.807, 2.05) is 16.9 Å². The van der Waals surface area contributed by atoms with Gasteiger partial charge in [-0.15, -0.1) is 0 Å². The first-order valence-electron chi connectivity index (χ1n) is 5.98. The third kappa shape index (κ3) is 3.96. The molecule has 1 aromatic carbocycles. The summed E-state index contributed by atoms with van der Waals surface area (Å²) in [4.78, 5) is 32.6. The largest absolute Gasteiger partial charge is 0.433 e. The lowest BCUT2D eigenvalue weighted by atomic mass is 10.3. The third-order valence-corrected chi connectivity index (χ3v) is 2.38. The molecule has 0 aliphatic carbocycles. The molecular formula is C12H11N5O5. The number of para-hydroxylation sites is 1. The van der Waals surface area contributed by atoms with Crippen LogP contribution in [-0.2, 0) is 0 Å². The molecule has 4 N–H and O–H groups in total. The van der Waals surface area contributed by atoms with Crippen LogP contribution >= 0.6 is 0 Å². The molecule has 0 atom stereocenters. The van der Waals surface area contributed by atoms with Gasteiger partial charge < -0.3 is 4.42 Å². The number of nitrogens with zero attached hydrogens (tertiary/aromatic N) is 1.